The third kappa shape index (κ3) is 3.53. The molecule has 2 aliphatic heterocycles. The third-order valence-corrected chi connectivity index (χ3v) is 4.87. The van der Waals surface area contributed by atoms with Crippen molar-refractivity contribution in [3.63, 3.8) is 0 Å². The molecule has 3 heterocycles. The molecule has 4 rings (SSSR count). The molecule has 1 fully saturated rings. The molecular formula is C17H18BN3O7-2. The molecule has 1 aromatic heterocycles. The summed E-state index contributed by atoms with van der Waals surface area (Å²) < 4.78 is 12.5. The number of aromatic nitrogens is 2. The molecule has 1 saturated heterocycles. The van der Waals surface area contributed by atoms with Crippen LogP contribution in [0.25, 0.3) is 0 Å². The van der Waals surface area contributed by atoms with Gasteiger partial charge in [-0.1, -0.05) is 12.4 Å². The minimum Gasteiger partial charge on any atom is -0.669 e. The summed E-state index contributed by atoms with van der Waals surface area (Å²) in [6.07, 6.45) is 4.69. The second-order valence-corrected chi connectivity index (χ2v) is 7.00. The van der Waals surface area contributed by atoms with Crippen LogP contribution in [0.2, 0.25) is 6.32 Å². The van der Waals surface area contributed by atoms with Crippen LogP contribution in [0.3, 0.4) is 0 Å². The highest BCUT2D eigenvalue weighted by molar-refractivity contribution is 6.59. The molecule has 1 amide bonds. The largest absolute Gasteiger partial charge is 0.669 e. The van der Waals surface area contributed by atoms with Gasteiger partial charge in [0, 0.05) is 12.4 Å². The van der Waals surface area contributed by atoms with E-state index in [4.69, 9.17) is 9.39 Å². The topological polar surface area (TPSA) is 137 Å². The second-order valence-electron chi connectivity index (χ2n) is 7.00. The smallest absolute Gasteiger partial charge is 0.430 e. The highest BCUT2D eigenvalue weighted by atomic mass is 16.6. The quantitative estimate of drug-likeness (QED) is 0.585. The van der Waals surface area contributed by atoms with Crippen LogP contribution in [0.15, 0.2) is 30.9 Å². The maximum Gasteiger partial charge on any atom is 0.430 e. The lowest BCUT2D eigenvalue weighted by molar-refractivity contribution is -0.255. The fourth-order valence-electron chi connectivity index (χ4n) is 3.35. The molecule has 0 spiro atoms. The number of carbonyl (C=O) groups is 2. The number of carbonyl (C=O) groups excluding carboxylic acids is 2. The van der Waals surface area contributed by atoms with Crippen molar-refractivity contribution in [2.75, 3.05) is 13.1 Å². The molecule has 1 aromatic carbocycles. The molecule has 0 unspecified atom stereocenters. The number of amides is 1. The van der Waals surface area contributed by atoms with E-state index in [-0.39, 0.29) is 48.4 Å². The number of hydrogen-bond acceptors (Lipinski definition) is 8. The molecule has 2 aliphatic rings. The summed E-state index contributed by atoms with van der Waals surface area (Å²) in [7, 11) is 0. The Hall–Kier alpha value is -3.05. The number of hydrogen-bond donors (Lipinski definition) is 2. The van der Waals surface area contributed by atoms with Gasteiger partial charge in [0.2, 0.25) is 5.91 Å². The number of aromatic carboxylic acids is 1. The number of likely N-dealkylation sites (tertiary alicyclic amines) is 1. The van der Waals surface area contributed by atoms with Crippen molar-refractivity contribution in [3.05, 3.63) is 42.0 Å². The van der Waals surface area contributed by atoms with E-state index in [9.17, 15) is 24.7 Å². The van der Waals surface area contributed by atoms with Crippen molar-refractivity contribution < 1.29 is 34.1 Å². The zero-order valence-electron chi connectivity index (χ0n) is 14.9. The summed E-state index contributed by atoms with van der Waals surface area (Å²) in [5.41, 5.74) is 0.188. The number of benzene rings is 1. The second kappa shape index (κ2) is 6.84. The number of ether oxygens (including phenoxy) is 1. The summed E-state index contributed by atoms with van der Waals surface area (Å²) in [4.78, 5) is 29.3. The van der Waals surface area contributed by atoms with Crippen molar-refractivity contribution in [1.29, 1.82) is 0 Å². The number of aryl methyl sites for hydroxylation is 1. The lowest BCUT2D eigenvalue weighted by atomic mass is 9.70. The van der Waals surface area contributed by atoms with E-state index in [1.807, 2.05) is 0 Å². The van der Waals surface area contributed by atoms with Crippen LogP contribution in [-0.4, -0.2) is 62.3 Å². The Bertz CT molecular complexity index is 910. The van der Waals surface area contributed by atoms with Crippen molar-refractivity contribution in [2.45, 2.75) is 25.4 Å². The maximum absolute atomic E-state index is 12.2. The normalized spacial score (nSPS) is 18.0. The first-order valence-electron chi connectivity index (χ1n) is 8.89. The SMILES string of the molecule is O=C([O-])c1c(OC2CN(C(=O)Cn3ccnc3)C2)ccc2c1O[B-](O)(O)CC2. The van der Waals surface area contributed by atoms with Crippen molar-refractivity contribution >= 4 is 18.6 Å². The van der Waals surface area contributed by atoms with Crippen LogP contribution in [0, 0.1) is 0 Å². The molecule has 0 aliphatic carbocycles. The molecular weight excluding hydrogens is 369 g/mol. The average molecular weight is 387 g/mol. The standard InChI is InChI=1S/C17H19BN3O7/c22-14(9-20-6-5-19-10-20)21-7-12(8-21)27-13-2-1-11-3-4-18(25,26)28-16(11)15(13)17(23)24/h1-2,5-6,10,12,25-26H,3-4,7-9H2,(H,23,24)/q-1/p-1. The van der Waals surface area contributed by atoms with Crippen LogP contribution < -0.4 is 14.5 Å². The Morgan fingerprint density at radius 1 is 1.36 bits per heavy atom. The van der Waals surface area contributed by atoms with E-state index in [2.05, 4.69) is 4.98 Å². The lowest BCUT2D eigenvalue weighted by Crippen LogP contribution is -2.57. The van der Waals surface area contributed by atoms with Gasteiger partial charge in [0.15, 0.2) is 0 Å². The van der Waals surface area contributed by atoms with Gasteiger partial charge < -0.3 is 38.8 Å². The van der Waals surface area contributed by atoms with E-state index in [0.717, 1.165) is 0 Å². The monoisotopic (exact) mass is 387 g/mol. The Morgan fingerprint density at radius 3 is 2.82 bits per heavy atom. The predicted octanol–water partition coefficient (Wildman–Crippen LogP) is -1.61. The summed E-state index contributed by atoms with van der Waals surface area (Å²) in [6.45, 7) is -2.33. The van der Waals surface area contributed by atoms with E-state index in [0.29, 0.717) is 18.7 Å². The summed E-state index contributed by atoms with van der Waals surface area (Å²) in [5.74, 6) is -1.76. The van der Waals surface area contributed by atoms with Gasteiger partial charge in [-0.2, -0.15) is 0 Å². The van der Waals surface area contributed by atoms with E-state index < -0.39 is 12.7 Å². The maximum atomic E-state index is 12.2. The molecule has 0 bridgehead atoms. The van der Waals surface area contributed by atoms with Crippen LogP contribution in [0.1, 0.15) is 15.9 Å². The Morgan fingerprint density at radius 2 is 2.14 bits per heavy atom. The van der Waals surface area contributed by atoms with Crippen LogP contribution >= 0.6 is 0 Å². The highest BCUT2D eigenvalue weighted by Crippen LogP contribution is 2.38. The molecule has 2 N–H and O–H groups in total. The van der Waals surface area contributed by atoms with Gasteiger partial charge in [-0.25, -0.2) is 4.98 Å². The van der Waals surface area contributed by atoms with Gasteiger partial charge >= 0.3 is 6.75 Å². The van der Waals surface area contributed by atoms with Gasteiger partial charge in [0.25, 0.3) is 0 Å². The van der Waals surface area contributed by atoms with Gasteiger partial charge in [-0.15, -0.1) is 0 Å². The minimum absolute atomic E-state index is 0.0129. The Balaban J connectivity index is 1.45. The number of rotatable bonds is 5. The molecule has 0 saturated carbocycles. The first kappa shape index (κ1) is 18.3. The van der Waals surface area contributed by atoms with E-state index >= 15 is 0 Å². The van der Waals surface area contributed by atoms with Crippen molar-refractivity contribution in [1.82, 2.24) is 14.5 Å². The number of nitrogens with zero attached hydrogens (tertiary/aromatic N) is 3. The van der Waals surface area contributed by atoms with Gasteiger partial charge in [-0.3, -0.25) is 4.79 Å². The Labute approximate surface area is 159 Å². The number of carboxylic acids is 1. The zero-order valence-corrected chi connectivity index (χ0v) is 14.9. The first-order chi connectivity index (χ1) is 13.3. The van der Waals surface area contributed by atoms with Crippen molar-refractivity contribution in [3.8, 4) is 11.5 Å². The number of carboxylic acid groups (broad SMARTS) is 1. The number of imidazole rings is 1. The van der Waals surface area contributed by atoms with Crippen LogP contribution in [0.5, 0.6) is 11.5 Å². The molecule has 28 heavy (non-hydrogen) atoms. The molecule has 148 valence electrons. The zero-order chi connectivity index (χ0) is 19.9. The van der Waals surface area contributed by atoms with Gasteiger partial charge in [-0.05, 0) is 18.1 Å². The Kier molecular flexibility index (Phi) is 4.48. The number of fused-ring (bicyclic) bond motifs is 1. The molecule has 11 heteroatoms. The summed E-state index contributed by atoms with van der Waals surface area (Å²) >= 11 is 0. The average Bonchev–Trinajstić information content (AvgIpc) is 3.08. The fourth-order valence-corrected chi connectivity index (χ4v) is 3.35. The molecule has 0 atom stereocenters. The van der Waals surface area contributed by atoms with Crippen LogP contribution in [-0.2, 0) is 17.8 Å². The van der Waals surface area contributed by atoms with Crippen LogP contribution in [0.4, 0.5) is 0 Å². The lowest BCUT2D eigenvalue weighted by Gasteiger charge is -2.41. The van der Waals surface area contributed by atoms with E-state index in [1.165, 1.54) is 6.07 Å². The van der Waals surface area contributed by atoms with Crippen molar-refractivity contribution in [2.24, 2.45) is 0 Å². The predicted molar refractivity (Wildman–Crippen MR) is 93.3 cm³/mol. The van der Waals surface area contributed by atoms with E-state index in [1.54, 1.807) is 34.3 Å². The first-order valence-corrected chi connectivity index (χ1v) is 8.89. The minimum atomic E-state index is -3.12. The fraction of sp³-hybridized carbons (Fsp3) is 0.353. The molecule has 0 radical (unpaired) electrons. The summed E-state index contributed by atoms with van der Waals surface area (Å²) in [5, 5.41) is 31.1. The molecule has 10 nitrogen and oxygen atoms in total. The summed E-state index contributed by atoms with van der Waals surface area (Å²) in [6, 6.07) is 3.13. The molecule has 2 aromatic rings. The third-order valence-electron chi connectivity index (χ3n) is 4.87. The van der Waals surface area contributed by atoms with Gasteiger partial charge in [0.05, 0.1) is 36.7 Å². The van der Waals surface area contributed by atoms with Gasteiger partial charge in [0.1, 0.15) is 18.4 Å². The highest BCUT2D eigenvalue weighted by Gasteiger charge is 2.35.